The first kappa shape index (κ1) is 18.3. The van der Waals surface area contributed by atoms with Crippen molar-refractivity contribution < 1.29 is 26.1 Å². The van der Waals surface area contributed by atoms with E-state index >= 15 is 0 Å². The van der Waals surface area contributed by atoms with Crippen LogP contribution >= 0.6 is 0 Å². The van der Waals surface area contributed by atoms with Gasteiger partial charge in [-0.05, 0) is 30.7 Å². The van der Waals surface area contributed by atoms with E-state index in [-0.39, 0.29) is 22.8 Å². The van der Waals surface area contributed by atoms with Crippen molar-refractivity contribution in [1.82, 2.24) is 19.4 Å². The molecule has 0 radical (unpaired) electrons. The maximum atomic E-state index is 13.1. The van der Waals surface area contributed by atoms with Gasteiger partial charge in [0, 0.05) is 31.4 Å². The minimum absolute atomic E-state index is 0.0661. The summed E-state index contributed by atoms with van der Waals surface area (Å²) in [6.07, 6.45) is -0.526. The van der Waals surface area contributed by atoms with Gasteiger partial charge < -0.3 is 4.52 Å². The summed E-state index contributed by atoms with van der Waals surface area (Å²) in [6, 6.07) is 0.862. The molecule has 1 saturated heterocycles. The second-order valence-electron chi connectivity index (χ2n) is 6.94. The number of rotatable bonds is 3. The van der Waals surface area contributed by atoms with Crippen molar-refractivity contribution in [3.05, 3.63) is 29.8 Å². The van der Waals surface area contributed by atoms with Gasteiger partial charge in [-0.1, -0.05) is 5.16 Å². The lowest BCUT2D eigenvalue weighted by molar-refractivity contribution is -0.137. The first-order valence-corrected chi connectivity index (χ1v) is 9.74. The predicted octanol–water partition coefficient (Wildman–Crippen LogP) is 1.92. The average Bonchev–Trinajstić information content (AvgIpc) is 3.06. The third kappa shape index (κ3) is 3.32. The number of pyridine rings is 1. The topological polar surface area (TPSA) is 115 Å². The molecule has 0 aromatic carbocycles. The van der Waals surface area contributed by atoms with Crippen LogP contribution in [-0.4, -0.2) is 40.9 Å². The summed E-state index contributed by atoms with van der Waals surface area (Å²) < 4.78 is 68.6. The van der Waals surface area contributed by atoms with Gasteiger partial charge in [-0.2, -0.15) is 30.9 Å². The van der Waals surface area contributed by atoms with Crippen molar-refractivity contribution in [3.63, 3.8) is 0 Å². The zero-order valence-electron chi connectivity index (χ0n) is 14.0. The maximum Gasteiger partial charge on any atom is 0.417 e. The van der Waals surface area contributed by atoms with Gasteiger partial charge in [-0.15, -0.1) is 0 Å². The van der Waals surface area contributed by atoms with Crippen LogP contribution in [0.1, 0.15) is 36.6 Å². The van der Waals surface area contributed by atoms with Crippen molar-refractivity contribution in [2.75, 3.05) is 13.1 Å². The van der Waals surface area contributed by atoms with Crippen LogP contribution in [0, 0.1) is 5.41 Å². The molecule has 3 heterocycles. The van der Waals surface area contributed by atoms with Crippen LogP contribution in [0.25, 0.3) is 11.5 Å². The summed E-state index contributed by atoms with van der Waals surface area (Å²) in [6.45, 7) is 0.613. The molecular weight excluding hydrogens is 387 g/mol. The Morgan fingerprint density at radius 1 is 1.30 bits per heavy atom. The van der Waals surface area contributed by atoms with E-state index in [1.807, 2.05) is 0 Å². The largest absolute Gasteiger partial charge is 0.417 e. The van der Waals surface area contributed by atoms with E-state index in [1.165, 1.54) is 4.31 Å². The summed E-state index contributed by atoms with van der Waals surface area (Å²) >= 11 is 0. The fraction of sp³-hybridized carbons (Fsp3) is 0.533. The molecule has 0 unspecified atom stereocenters. The predicted molar refractivity (Wildman–Crippen MR) is 86.2 cm³/mol. The van der Waals surface area contributed by atoms with Crippen molar-refractivity contribution in [2.24, 2.45) is 10.6 Å². The Morgan fingerprint density at radius 2 is 2.00 bits per heavy atom. The highest BCUT2D eigenvalue weighted by molar-refractivity contribution is 7.86. The Labute approximate surface area is 152 Å². The van der Waals surface area contributed by atoms with Crippen LogP contribution in [-0.2, 0) is 16.4 Å². The summed E-state index contributed by atoms with van der Waals surface area (Å²) in [7, 11) is -3.71. The van der Waals surface area contributed by atoms with E-state index in [2.05, 4.69) is 15.1 Å². The molecule has 0 bridgehead atoms. The summed E-state index contributed by atoms with van der Waals surface area (Å²) in [5.41, 5.74) is -1.30. The summed E-state index contributed by atoms with van der Waals surface area (Å²) in [5.74, 6) is 0.0455. The van der Waals surface area contributed by atoms with Crippen molar-refractivity contribution >= 4 is 10.2 Å². The monoisotopic (exact) mass is 403 g/mol. The van der Waals surface area contributed by atoms with E-state index < -0.39 is 21.9 Å². The van der Waals surface area contributed by atoms with Gasteiger partial charge in [0.2, 0.25) is 0 Å². The van der Waals surface area contributed by atoms with Gasteiger partial charge in [-0.25, -0.2) is 5.14 Å². The van der Waals surface area contributed by atoms with Gasteiger partial charge in [-0.3, -0.25) is 4.98 Å². The van der Waals surface area contributed by atoms with Crippen LogP contribution in [0.2, 0.25) is 0 Å². The molecular formula is C15H16F3N5O3S. The lowest BCUT2D eigenvalue weighted by Crippen LogP contribution is -2.43. The van der Waals surface area contributed by atoms with Crippen molar-refractivity contribution in [3.8, 4) is 11.5 Å². The van der Waals surface area contributed by atoms with Crippen LogP contribution in [0.4, 0.5) is 13.2 Å². The Hall–Kier alpha value is -2.05. The Balaban J connectivity index is 1.53. The molecule has 1 saturated carbocycles. The van der Waals surface area contributed by atoms with E-state index in [1.54, 1.807) is 0 Å². The van der Waals surface area contributed by atoms with Crippen LogP contribution in [0.5, 0.6) is 0 Å². The fourth-order valence-corrected chi connectivity index (χ4v) is 4.44. The van der Waals surface area contributed by atoms with Crippen molar-refractivity contribution in [1.29, 1.82) is 0 Å². The van der Waals surface area contributed by atoms with E-state index in [4.69, 9.17) is 9.66 Å². The lowest BCUT2D eigenvalue weighted by atomic mass is 9.92. The zero-order chi connectivity index (χ0) is 19.4. The fourth-order valence-electron chi connectivity index (χ4n) is 3.75. The maximum absolute atomic E-state index is 13.1. The molecule has 8 nitrogen and oxygen atoms in total. The molecule has 12 heteroatoms. The Bertz CT molecular complexity index is 967. The number of hydrogen-bond donors (Lipinski definition) is 1. The molecule has 1 aliphatic heterocycles. The van der Waals surface area contributed by atoms with E-state index in [0.29, 0.717) is 31.8 Å². The Morgan fingerprint density at radius 3 is 2.63 bits per heavy atom. The number of nitrogens with zero attached hydrogens (tertiary/aromatic N) is 4. The summed E-state index contributed by atoms with van der Waals surface area (Å²) in [4.78, 5) is 7.88. The highest BCUT2D eigenvalue weighted by Crippen LogP contribution is 2.64. The number of halogens is 3. The van der Waals surface area contributed by atoms with Gasteiger partial charge >= 0.3 is 6.18 Å². The Kier molecular flexibility index (Phi) is 4.05. The van der Waals surface area contributed by atoms with Gasteiger partial charge in [0.15, 0.2) is 5.82 Å². The van der Waals surface area contributed by atoms with Crippen molar-refractivity contribution in [2.45, 2.75) is 31.4 Å². The number of piperidine rings is 1. The first-order chi connectivity index (χ1) is 12.6. The molecule has 27 heavy (non-hydrogen) atoms. The van der Waals surface area contributed by atoms with Gasteiger partial charge in [0.25, 0.3) is 16.1 Å². The highest BCUT2D eigenvalue weighted by atomic mass is 32.2. The molecule has 1 spiro atoms. The summed E-state index contributed by atoms with van der Waals surface area (Å²) in [5, 5.41) is 9.00. The third-order valence-corrected chi connectivity index (χ3v) is 6.46. The minimum Gasteiger partial charge on any atom is -0.334 e. The molecule has 146 valence electrons. The minimum atomic E-state index is -4.56. The van der Waals surface area contributed by atoms with E-state index in [0.717, 1.165) is 24.9 Å². The quantitative estimate of drug-likeness (QED) is 0.837. The normalized spacial score (nSPS) is 22.9. The SMILES string of the molecule is NS(=O)(=O)N1CCC2(CC1)C[C@H]2c1noc(-c2cnccc2C(F)(F)F)n1. The molecule has 2 aromatic rings. The number of aromatic nitrogens is 3. The number of hydrogen-bond acceptors (Lipinski definition) is 6. The molecule has 2 N–H and O–H groups in total. The first-order valence-electron chi connectivity index (χ1n) is 8.23. The molecule has 1 atom stereocenters. The smallest absolute Gasteiger partial charge is 0.334 e. The van der Waals surface area contributed by atoms with Crippen LogP contribution in [0.3, 0.4) is 0 Å². The second kappa shape index (κ2) is 5.97. The second-order valence-corrected chi connectivity index (χ2v) is 8.49. The number of nitrogens with two attached hydrogens (primary N) is 1. The van der Waals surface area contributed by atoms with Crippen LogP contribution in [0.15, 0.2) is 23.0 Å². The van der Waals surface area contributed by atoms with Crippen LogP contribution < -0.4 is 5.14 Å². The van der Waals surface area contributed by atoms with Gasteiger partial charge in [0.1, 0.15) is 0 Å². The molecule has 2 aliphatic rings. The highest BCUT2D eigenvalue weighted by Gasteiger charge is 2.58. The average molecular weight is 403 g/mol. The lowest BCUT2D eigenvalue weighted by Gasteiger charge is -2.30. The molecule has 0 amide bonds. The molecule has 1 aliphatic carbocycles. The molecule has 2 fully saturated rings. The number of alkyl halides is 3. The standard InChI is InChI=1S/C15H16F3N5O3S/c16-15(17,18)10-1-4-20-8-9(10)13-21-12(22-26-13)11-7-14(11)2-5-23(6-3-14)27(19,24)25/h1,4,8,11H,2-3,5-7H2,(H2,19,24,25)/t11-/m0/s1. The molecule has 4 rings (SSSR count). The third-order valence-electron chi connectivity index (χ3n) is 5.38. The van der Waals surface area contributed by atoms with Gasteiger partial charge in [0.05, 0.1) is 11.1 Å². The zero-order valence-corrected chi connectivity index (χ0v) is 14.8. The molecule has 2 aromatic heterocycles. The van der Waals surface area contributed by atoms with E-state index in [9.17, 15) is 21.6 Å².